The number of aliphatic hydroxyl groups is 1. The van der Waals surface area contributed by atoms with Crippen LogP contribution >= 0.6 is 0 Å². The largest absolute Gasteiger partial charge is 0.493 e. The van der Waals surface area contributed by atoms with E-state index in [1.165, 1.54) is 0 Å². The van der Waals surface area contributed by atoms with Gasteiger partial charge in [-0.2, -0.15) is 0 Å². The lowest BCUT2D eigenvalue weighted by Crippen LogP contribution is -1.98. The highest BCUT2D eigenvalue weighted by Gasteiger charge is 1.94. The van der Waals surface area contributed by atoms with E-state index in [0.717, 1.165) is 17.6 Å². The number of carbonyl (C=O) groups is 1. The van der Waals surface area contributed by atoms with Gasteiger partial charge in [0.1, 0.15) is 12.0 Å². The average molecular weight is 194 g/mol. The van der Waals surface area contributed by atoms with Crippen LogP contribution in [0.5, 0.6) is 5.75 Å². The van der Waals surface area contributed by atoms with Crippen LogP contribution in [0.3, 0.4) is 0 Å². The molecule has 0 atom stereocenters. The first kappa shape index (κ1) is 10.7. The minimum absolute atomic E-state index is 0.158. The highest BCUT2D eigenvalue weighted by Crippen LogP contribution is 2.12. The van der Waals surface area contributed by atoms with E-state index < -0.39 is 0 Å². The standard InChI is InChI=1S/C11H14O3/c12-7-1-9-14-11-4-2-10(3-5-11)6-8-13/h2-5,7,13H,1,6,8-9H2. The van der Waals surface area contributed by atoms with Crippen molar-refractivity contribution in [3.8, 4) is 5.75 Å². The van der Waals surface area contributed by atoms with Crippen LogP contribution in [-0.4, -0.2) is 24.6 Å². The molecule has 0 unspecified atom stereocenters. The molecule has 1 N–H and O–H groups in total. The SMILES string of the molecule is O=CCCOc1ccc(CCO)cc1. The van der Waals surface area contributed by atoms with Crippen molar-refractivity contribution in [3.05, 3.63) is 29.8 Å². The molecule has 1 aromatic rings. The number of aldehydes is 1. The van der Waals surface area contributed by atoms with Crippen LogP contribution in [0.15, 0.2) is 24.3 Å². The van der Waals surface area contributed by atoms with Gasteiger partial charge in [0.25, 0.3) is 0 Å². The van der Waals surface area contributed by atoms with Crippen LogP contribution in [0.1, 0.15) is 12.0 Å². The third-order valence-corrected chi connectivity index (χ3v) is 1.83. The maximum atomic E-state index is 10.0. The Hall–Kier alpha value is -1.35. The van der Waals surface area contributed by atoms with Crippen molar-refractivity contribution in [1.29, 1.82) is 0 Å². The van der Waals surface area contributed by atoms with Crippen molar-refractivity contribution >= 4 is 6.29 Å². The third-order valence-electron chi connectivity index (χ3n) is 1.83. The molecular weight excluding hydrogens is 180 g/mol. The number of hydrogen-bond acceptors (Lipinski definition) is 3. The molecule has 0 saturated carbocycles. The summed E-state index contributed by atoms with van der Waals surface area (Å²) in [5, 5.41) is 8.69. The van der Waals surface area contributed by atoms with Gasteiger partial charge in [-0.25, -0.2) is 0 Å². The van der Waals surface area contributed by atoms with Crippen LogP contribution in [-0.2, 0) is 11.2 Å². The molecule has 0 spiro atoms. The zero-order chi connectivity index (χ0) is 10.2. The zero-order valence-corrected chi connectivity index (χ0v) is 7.98. The van der Waals surface area contributed by atoms with Crippen molar-refractivity contribution in [2.75, 3.05) is 13.2 Å². The summed E-state index contributed by atoms with van der Waals surface area (Å²) in [7, 11) is 0. The fourth-order valence-corrected chi connectivity index (χ4v) is 1.11. The molecule has 0 aliphatic rings. The summed E-state index contributed by atoms with van der Waals surface area (Å²) in [6.07, 6.45) is 1.91. The molecule has 0 bridgehead atoms. The van der Waals surface area contributed by atoms with Crippen LogP contribution < -0.4 is 4.74 Å². The molecule has 1 aromatic carbocycles. The lowest BCUT2D eigenvalue weighted by molar-refractivity contribution is -0.108. The normalized spacial score (nSPS) is 9.79. The Morgan fingerprint density at radius 1 is 1.29 bits per heavy atom. The predicted molar refractivity (Wildman–Crippen MR) is 53.4 cm³/mol. The molecule has 0 amide bonds. The summed E-state index contributed by atoms with van der Waals surface area (Å²) in [6, 6.07) is 7.50. The van der Waals surface area contributed by atoms with Crippen molar-refractivity contribution in [2.24, 2.45) is 0 Å². The summed E-state index contributed by atoms with van der Waals surface area (Å²) >= 11 is 0. The van der Waals surface area contributed by atoms with Crippen LogP contribution in [0.2, 0.25) is 0 Å². The molecule has 0 aliphatic heterocycles. The van der Waals surface area contributed by atoms with Gasteiger partial charge in [0, 0.05) is 13.0 Å². The second-order valence-corrected chi connectivity index (χ2v) is 2.92. The van der Waals surface area contributed by atoms with Gasteiger partial charge in [0.05, 0.1) is 6.61 Å². The molecule has 3 heteroatoms. The zero-order valence-electron chi connectivity index (χ0n) is 7.98. The minimum Gasteiger partial charge on any atom is -0.493 e. The number of ether oxygens (including phenoxy) is 1. The monoisotopic (exact) mass is 194 g/mol. The number of rotatable bonds is 6. The molecule has 0 aliphatic carbocycles. The van der Waals surface area contributed by atoms with Gasteiger partial charge in [0.2, 0.25) is 0 Å². The first-order chi connectivity index (χ1) is 6.86. The second-order valence-electron chi connectivity index (χ2n) is 2.92. The van der Waals surface area contributed by atoms with E-state index >= 15 is 0 Å². The molecule has 0 heterocycles. The van der Waals surface area contributed by atoms with E-state index in [1.54, 1.807) is 0 Å². The number of benzene rings is 1. The average Bonchev–Trinajstić information content (AvgIpc) is 2.21. The van der Waals surface area contributed by atoms with Crippen molar-refractivity contribution in [3.63, 3.8) is 0 Å². The Morgan fingerprint density at radius 2 is 2.00 bits per heavy atom. The van der Waals surface area contributed by atoms with Crippen LogP contribution in [0, 0.1) is 0 Å². The third kappa shape index (κ3) is 3.58. The van der Waals surface area contributed by atoms with E-state index in [0.29, 0.717) is 19.4 Å². The molecule has 1 rings (SSSR count). The van der Waals surface area contributed by atoms with E-state index in [4.69, 9.17) is 9.84 Å². The summed E-state index contributed by atoms with van der Waals surface area (Å²) in [4.78, 5) is 10.0. The lowest BCUT2D eigenvalue weighted by Gasteiger charge is -2.04. The smallest absolute Gasteiger partial charge is 0.123 e. The van der Waals surface area contributed by atoms with E-state index in [2.05, 4.69) is 0 Å². The lowest BCUT2D eigenvalue weighted by atomic mass is 10.1. The van der Waals surface area contributed by atoms with Crippen LogP contribution in [0.4, 0.5) is 0 Å². The Morgan fingerprint density at radius 3 is 2.57 bits per heavy atom. The first-order valence-corrected chi connectivity index (χ1v) is 4.63. The molecule has 14 heavy (non-hydrogen) atoms. The van der Waals surface area contributed by atoms with Crippen molar-refractivity contribution < 1.29 is 14.6 Å². The molecule has 0 saturated heterocycles. The quantitative estimate of drug-likeness (QED) is 0.546. The first-order valence-electron chi connectivity index (χ1n) is 4.63. The molecular formula is C11H14O3. The summed E-state index contributed by atoms with van der Waals surface area (Å²) in [5.74, 6) is 0.758. The minimum atomic E-state index is 0.158. The topological polar surface area (TPSA) is 46.5 Å². The Balaban J connectivity index is 2.42. The fourth-order valence-electron chi connectivity index (χ4n) is 1.11. The highest BCUT2D eigenvalue weighted by atomic mass is 16.5. The fraction of sp³-hybridized carbons (Fsp3) is 0.364. The van der Waals surface area contributed by atoms with Crippen LogP contribution in [0.25, 0.3) is 0 Å². The number of aliphatic hydroxyl groups excluding tert-OH is 1. The van der Waals surface area contributed by atoms with Gasteiger partial charge in [-0.05, 0) is 24.1 Å². The van der Waals surface area contributed by atoms with Crippen molar-refractivity contribution in [1.82, 2.24) is 0 Å². The van der Waals surface area contributed by atoms with Gasteiger partial charge in [-0.15, -0.1) is 0 Å². The Labute approximate surface area is 83.3 Å². The summed E-state index contributed by atoms with van der Waals surface area (Å²) < 4.78 is 5.29. The molecule has 3 nitrogen and oxygen atoms in total. The Kier molecular flexibility index (Phi) is 4.72. The Bertz CT molecular complexity index is 266. The molecule has 0 fully saturated rings. The summed E-state index contributed by atoms with van der Waals surface area (Å²) in [6.45, 7) is 0.578. The van der Waals surface area contributed by atoms with Gasteiger partial charge < -0.3 is 14.6 Å². The van der Waals surface area contributed by atoms with E-state index in [-0.39, 0.29) is 6.61 Å². The molecule has 76 valence electrons. The predicted octanol–water partition coefficient (Wildman–Crippen LogP) is 1.19. The van der Waals surface area contributed by atoms with Gasteiger partial charge in [-0.1, -0.05) is 12.1 Å². The van der Waals surface area contributed by atoms with Gasteiger partial charge in [0.15, 0.2) is 0 Å². The number of carbonyl (C=O) groups excluding carboxylic acids is 1. The van der Waals surface area contributed by atoms with Crippen molar-refractivity contribution in [2.45, 2.75) is 12.8 Å². The van der Waals surface area contributed by atoms with E-state index in [9.17, 15) is 4.79 Å². The summed E-state index contributed by atoms with van der Waals surface area (Å²) in [5.41, 5.74) is 1.08. The molecule has 0 aromatic heterocycles. The van der Waals surface area contributed by atoms with Gasteiger partial charge >= 0.3 is 0 Å². The van der Waals surface area contributed by atoms with E-state index in [1.807, 2.05) is 24.3 Å². The maximum Gasteiger partial charge on any atom is 0.123 e. The highest BCUT2D eigenvalue weighted by molar-refractivity contribution is 5.49. The maximum absolute atomic E-state index is 10.0. The second kappa shape index (κ2) is 6.16. The van der Waals surface area contributed by atoms with Gasteiger partial charge in [-0.3, -0.25) is 0 Å². The number of hydrogen-bond donors (Lipinski definition) is 1. The molecule has 0 radical (unpaired) electrons.